The Balaban J connectivity index is 1.95. The average molecular weight is 284 g/mol. The molecular weight excluding hydrogens is 264 g/mol. The first-order chi connectivity index (χ1) is 10.1. The van der Waals surface area contributed by atoms with Crippen LogP contribution in [-0.2, 0) is 10.2 Å². The molecule has 0 spiro atoms. The zero-order chi connectivity index (χ0) is 14.9. The molecule has 1 aliphatic heterocycles. The molecule has 0 saturated carbocycles. The molecule has 21 heavy (non-hydrogen) atoms. The fraction of sp³-hybridized carbons (Fsp3) is 0.333. The molecule has 2 aromatic rings. The Labute approximate surface area is 124 Å². The van der Waals surface area contributed by atoms with Crippen LogP contribution in [0.4, 0.5) is 0 Å². The van der Waals surface area contributed by atoms with E-state index in [1.165, 1.54) is 0 Å². The number of hydrogen-bond acceptors (Lipinski definition) is 3. The molecule has 1 aliphatic rings. The summed E-state index contributed by atoms with van der Waals surface area (Å²) in [6.07, 6.45) is 2.37. The Hall–Kier alpha value is -2.00. The van der Waals surface area contributed by atoms with Gasteiger partial charge in [0, 0.05) is 5.41 Å². The Morgan fingerprint density at radius 1 is 0.952 bits per heavy atom. The van der Waals surface area contributed by atoms with Crippen LogP contribution >= 0.6 is 0 Å². The third-order valence-electron chi connectivity index (χ3n) is 4.38. The van der Waals surface area contributed by atoms with Gasteiger partial charge in [-0.25, -0.2) is 0 Å². The first-order valence-corrected chi connectivity index (χ1v) is 7.28. The second-order valence-corrected chi connectivity index (χ2v) is 5.92. The van der Waals surface area contributed by atoms with E-state index in [0.29, 0.717) is 6.10 Å². The van der Waals surface area contributed by atoms with Crippen LogP contribution in [0, 0.1) is 0 Å². The van der Waals surface area contributed by atoms with Gasteiger partial charge in [-0.3, -0.25) is 0 Å². The van der Waals surface area contributed by atoms with Crippen LogP contribution in [0.5, 0.6) is 11.5 Å². The molecule has 2 aromatic carbocycles. The quantitative estimate of drug-likeness (QED) is 0.825. The lowest BCUT2D eigenvalue weighted by Crippen LogP contribution is -2.24. The number of phenolic OH excluding ortho intramolecular Hbond substituents is 2. The van der Waals surface area contributed by atoms with Gasteiger partial charge in [0.05, 0.1) is 12.7 Å². The van der Waals surface area contributed by atoms with Crippen LogP contribution in [0.1, 0.15) is 30.9 Å². The highest BCUT2D eigenvalue weighted by molar-refractivity contribution is 5.42. The van der Waals surface area contributed by atoms with Gasteiger partial charge in [0.2, 0.25) is 0 Å². The van der Waals surface area contributed by atoms with Crippen molar-refractivity contribution in [2.24, 2.45) is 0 Å². The monoisotopic (exact) mass is 284 g/mol. The first-order valence-electron chi connectivity index (χ1n) is 7.28. The van der Waals surface area contributed by atoms with Gasteiger partial charge in [-0.2, -0.15) is 0 Å². The lowest BCUT2D eigenvalue weighted by Gasteiger charge is -2.31. The van der Waals surface area contributed by atoms with Crippen molar-refractivity contribution >= 4 is 0 Å². The molecule has 0 aliphatic carbocycles. The van der Waals surface area contributed by atoms with Crippen molar-refractivity contribution in [2.75, 3.05) is 6.61 Å². The van der Waals surface area contributed by atoms with E-state index in [0.717, 1.165) is 30.6 Å². The van der Waals surface area contributed by atoms with E-state index >= 15 is 0 Å². The summed E-state index contributed by atoms with van der Waals surface area (Å²) < 4.78 is 5.33. The average Bonchev–Trinajstić information content (AvgIpc) is 3.30. The van der Waals surface area contributed by atoms with Gasteiger partial charge in [-0.05, 0) is 48.2 Å². The molecule has 3 rings (SSSR count). The lowest BCUT2D eigenvalue weighted by atomic mass is 9.72. The minimum absolute atomic E-state index is 0.159. The van der Waals surface area contributed by atoms with Crippen molar-refractivity contribution in [2.45, 2.75) is 31.3 Å². The molecule has 110 valence electrons. The van der Waals surface area contributed by atoms with E-state index in [-0.39, 0.29) is 16.9 Å². The fourth-order valence-electron chi connectivity index (χ4n) is 2.80. The summed E-state index contributed by atoms with van der Waals surface area (Å²) in [6.45, 7) is 3.06. The van der Waals surface area contributed by atoms with E-state index in [2.05, 4.69) is 6.92 Å². The van der Waals surface area contributed by atoms with Gasteiger partial charge in [0.25, 0.3) is 0 Å². The molecule has 3 nitrogen and oxygen atoms in total. The maximum Gasteiger partial charge on any atom is 0.115 e. The van der Waals surface area contributed by atoms with Crippen molar-refractivity contribution < 1.29 is 14.9 Å². The number of hydrogen-bond donors (Lipinski definition) is 2. The Morgan fingerprint density at radius 3 is 1.76 bits per heavy atom. The highest BCUT2D eigenvalue weighted by Gasteiger charge is 2.32. The lowest BCUT2D eigenvalue weighted by molar-refractivity contribution is 0.369. The van der Waals surface area contributed by atoms with Gasteiger partial charge in [-0.1, -0.05) is 31.2 Å². The number of phenols is 2. The Kier molecular flexibility index (Phi) is 3.60. The Bertz CT molecular complexity index is 552. The maximum absolute atomic E-state index is 9.50. The summed E-state index contributed by atoms with van der Waals surface area (Å²) in [6, 6.07) is 14.8. The molecule has 3 heteroatoms. The second kappa shape index (κ2) is 5.41. The van der Waals surface area contributed by atoms with E-state index in [1.807, 2.05) is 24.3 Å². The minimum atomic E-state index is -0.159. The maximum atomic E-state index is 9.50. The second-order valence-electron chi connectivity index (χ2n) is 5.92. The molecule has 1 saturated heterocycles. The van der Waals surface area contributed by atoms with Gasteiger partial charge < -0.3 is 14.9 Å². The van der Waals surface area contributed by atoms with Crippen LogP contribution in [0.2, 0.25) is 0 Å². The van der Waals surface area contributed by atoms with Crippen molar-refractivity contribution in [1.82, 2.24) is 0 Å². The van der Waals surface area contributed by atoms with Crippen LogP contribution < -0.4 is 0 Å². The van der Waals surface area contributed by atoms with Crippen molar-refractivity contribution in [3.8, 4) is 11.5 Å². The van der Waals surface area contributed by atoms with E-state index in [4.69, 9.17) is 4.74 Å². The van der Waals surface area contributed by atoms with Gasteiger partial charge in [-0.15, -0.1) is 0 Å². The fourth-order valence-corrected chi connectivity index (χ4v) is 2.80. The summed E-state index contributed by atoms with van der Waals surface area (Å²) in [5.74, 6) is 0.551. The summed E-state index contributed by atoms with van der Waals surface area (Å²) >= 11 is 0. The van der Waals surface area contributed by atoms with Crippen LogP contribution in [0.15, 0.2) is 48.5 Å². The first kappa shape index (κ1) is 14.0. The summed E-state index contributed by atoms with van der Waals surface area (Å²) in [4.78, 5) is 0. The van der Waals surface area contributed by atoms with Crippen LogP contribution in [-0.4, -0.2) is 22.9 Å². The molecule has 1 atom stereocenters. The molecule has 0 bridgehead atoms. The summed E-state index contributed by atoms with van der Waals surface area (Å²) in [5.41, 5.74) is 2.16. The summed E-state index contributed by atoms with van der Waals surface area (Å²) in [5, 5.41) is 19.0. The molecule has 0 aromatic heterocycles. The largest absolute Gasteiger partial charge is 0.508 e. The third-order valence-corrected chi connectivity index (χ3v) is 4.38. The van der Waals surface area contributed by atoms with E-state index in [1.54, 1.807) is 24.3 Å². The van der Waals surface area contributed by atoms with Crippen LogP contribution in [0.3, 0.4) is 0 Å². The number of aromatic hydroxyl groups is 2. The molecule has 0 amide bonds. The van der Waals surface area contributed by atoms with Gasteiger partial charge >= 0.3 is 0 Å². The molecular formula is C18H20O3. The zero-order valence-corrected chi connectivity index (χ0v) is 12.1. The summed E-state index contributed by atoms with van der Waals surface area (Å²) in [7, 11) is 0. The topological polar surface area (TPSA) is 53.0 Å². The number of rotatable bonds is 5. The normalized spacial score (nSPS) is 17.7. The minimum Gasteiger partial charge on any atom is -0.508 e. The van der Waals surface area contributed by atoms with Crippen molar-refractivity contribution in [3.05, 3.63) is 59.7 Å². The smallest absolute Gasteiger partial charge is 0.115 e. The highest BCUT2D eigenvalue weighted by atomic mass is 16.6. The molecule has 1 heterocycles. The molecule has 2 N–H and O–H groups in total. The van der Waals surface area contributed by atoms with E-state index in [9.17, 15) is 10.2 Å². The Morgan fingerprint density at radius 2 is 1.38 bits per heavy atom. The van der Waals surface area contributed by atoms with E-state index < -0.39 is 0 Å². The molecule has 1 fully saturated rings. The van der Waals surface area contributed by atoms with Gasteiger partial charge in [0.1, 0.15) is 11.5 Å². The highest BCUT2D eigenvalue weighted by Crippen LogP contribution is 2.39. The predicted octanol–water partition coefficient (Wildman–Crippen LogP) is 3.58. The number of ether oxygens (including phenoxy) is 1. The number of benzene rings is 2. The van der Waals surface area contributed by atoms with Gasteiger partial charge in [0.15, 0.2) is 0 Å². The number of epoxide rings is 1. The standard InChI is InChI=1S/C18H20O3/c1-18(11-10-17-12-21-17,13-2-6-15(19)7-3-13)14-4-8-16(20)9-5-14/h2-9,17,19-20H,10-12H2,1H3. The predicted molar refractivity (Wildman–Crippen MR) is 81.6 cm³/mol. The van der Waals surface area contributed by atoms with Crippen molar-refractivity contribution in [3.63, 3.8) is 0 Å². The van der Waals surface area contributed by atoms with Crippen LogP contribution in [0.25, 0.3) is 0 Å². The molecule has 1 unspecified atom stereocenters. The molecule has 0 radical (unpaired) electrons. The van der Waals surface area contributed by atoms with Crippen molar-refractivity contribution in [1.29, 1.82) is 0 Å². The SMILES string of the molecule is CC(CCC1CO1)(c1ccc(O)cc1)c1ccc(O)cc1. The third kappa shape index (κ3) is 3.03. The zero-order valence-electron chi connectivity index (χ0n) is 12.1.